The van der Waals surface area contributed by atoms with Gasteiger partial charge in [-0.1, -0.05) is 30.3 Å². The van der Waals surface area contributed by atoms with Gasteiger partial charge in [0.25, 0.3) is 0 Å². The van der Waals surface area contributed by atoms with Crippen molar-refractivity contribution in [2.75, 3.05) is 0 Å². The zero-order valence-electron chi connectivity index (χ0n) is 12.3. The average molecular weight is 287 g/mol. The molecule has 0 aliphatic heterocycles. The summed E-state index contributed by atoms with van der Waals surface area (Å²) in [5, 5.41) is 19.9. The van der Waals surface area contributed by atoms with Gasteiger partial charge < -0.3 is 10.4 Å². The molecule has 1 aromatic heterocycles. The summed E-state index contributed by atoms with van der Waals surface area (Å²) in [5.74, 6) is -0.0886. The fraction of sp³-hybridized carbons (Fsp3) is 0.375. The molecular weight excluding hydrogens is 266 g/mol. The van der Waals surface area contributed by atoms with Crippen molar-refractivity contribution in [3.63, 3.8) is 0 Å². The van der Waals surface area contributed by atoms with Gasteiger partial charge in [0.15, 0.2) is 0 Å². The maximum atomic E-state index is 11.9. The first-order chi connectivity index (χ1) is 10.0. The van der Waals surface area contributed by atoms with Crippen LogP contribution in [-0.2, 0) is 11.2 Å². The minimum absolute atomic E-state index is 0.0886. The number of carbonyl (C=O) groups excluding carboxylic acids is 1. The number of benzene rings is 1. The van der Waals surface area contributed by atoms with Crippen LogP contribution in [0.1, 0.15) is 36.4 Å². The lowest BCUT2D eigenvalue weighted by Gasteiger charge is -2.18. The molecule has 1 amide bonds. The van der Waals surface area contributed by atoms with Crippen LogP contribution in [0.4, 0.5) is 0 Å². The largest absolute Gasteiger partial charge is 0.388 e. The van der Waals surface area contributed by atoms with E-state index in [0.29, 0.717) is 6.42 Å². The van der Waals surface area contributed by atoms with Crippen LogP contribution in [-0.4, -0.2) is 27.3 Å². The molecule has 5 nitrogen and oxygen atoms in total. The molecule has 3 N–H and O–H groups in total. The number of nitrogens with zero attached hydrogens (tertiary/aromatic N) is 1. The van der Waals surface area contributed by atoms with E-state index in [4.69, 9.17) is 0 Å². The van der Waals surface area contributed by atoms with E-state index >= 15 is 0 Å². The summed E-state index contributed by atoms with van der Waals surface area (Å²) in [7, 11) is 0. The van der Waals surface area contributed by atoms with Gasteiger partial charge in [0.2, 0.25) is 5.91 Å². The lowest BCUT2D eigenvalue weighted by molar-refractivity contribution is -0.121. The van der Waals surface area contributed by atoms with Gasteiger partial charge in [-0.3, -0.25) is 9.89 Å². The number of nitrogens with one attached hydrogen (secondary N) is 2. The molecule has 1 aromatic carbocycles. The molecule has 0 saturated heterocycles. The van der Waals surface area contributed by atoms with Crippen LogP contribution in [0.3, 0.4) is 0 Å². The van der Waals surface area contributed by atoms with Crippen LogP contribution >= 0.6 is 0 Å². The van der Waals surface area contributed by atoms with Crippen molar-refractivity contribution < 1.29 is 9.90 Å². The predicted molar refractivity (Wildman–Crippen MR) is 80.7 cm³/mol. The Hall–Kier alpha value is -2.14. The normalized spacial score (nSPS) is 13.7. The SMILES string of the molecule is Cc1cc(CC(=O)N[C@@H](C)C[C@H](O)c2ccccc2)n[nH]1. The molecule has 0 radical (unpaired) electrons. The zero-order chi connectivity index (χ0) is 15.2. The highest BCUT2D eigenvalue weighted by Gasteiger charge is 2.15. The van der Waals surface area contributed by atoms with Crippen molar-refractivity contribution in [1.29, 1.82) is 0 Å². The second-order valence-electron chi connectivity index (χ2n) is 5.35. The summed E-state index contributed by atoms with van der Waals surface area (Å²) < 4.78 is 0. The third-order valence-corrected chi connectivity index (χ3v) is 3.27. The maximum absolute atomic E-state index is 11.9. The number of H-pyrrole nitrogens is 1. The molecule has 2 aromatic rings. The molecule has 112 valence electrons. The number of aryl methyl sites for hydroxylation is 1. The molecule has 2 atom stereocenters. The first-order valence-electron chi connectivity index (χ1n) is 7.08. The van der Waals surface area contributed by atoms with Crippen LogP contribution in [0.15, 0.2) is 36.4 Å². The minimum Gasteiger partial charge on any atom is -0.388 e. The molecular formula is C16H21N3O2. The molecule has 21 heavy (non-hydrogen) atoms. The second-order valence-corrected chi connectivity index (χ2v) is 5.35. The third-order valence-electron chi connectivity index (χ3n) is 3.27. The quantitative estimate of drug-likeness (QED) is 0.759. The van der Waals surface area contributed by atoms with Crippen molar-refractivity contribution in [3.8, 4) is 0 Å². The van der Waals surface area contributed by atoms with Crippen molar-refractivity contribution >= 4 is 5.91 Å². The van der Waals surface area contributed by atoms with Crippen LogP contribution < -0.4 is 5.32 Å². The smallest absolute Gasteiger partial charge is 0.226 e. The molecule has 0 bridgehead atoms. The van der Waals surface area contributed by atoms with Crippen molar-refractivity contribution in [3.05, 3.63) is 53.3 Å². The van der Waals surface area contributed by atoms with Crippen LogP contribution in [0.2, 0.25) is 0 Å². The van der Waals surface area contributed by atoms with E-state index in [1.807, 2.05) is 50.2 Å². The van der Waals surface area contributed by atoms with E-state index in [1.54, 1.807) is 0 Å². The standard InChI is InChI=1S/C16H21N3O2/c1-11(9-15(20)13-6-4-3-5-7-13)17-16(21)10-14-8-12(2)18-19-14/h3-8,11,15,20H,9-10H2,1-2H3,(H,17,21)(H,18,19)/t11-,15-/m0/s1. The zero-order valence-corrected chi connectivity index (χ0v) is 12.3. The summed E-state index contributed by atoms with van der Waals surface area (Å²) in [6.07, 6.45) is 0.153. The van der Waals surface area contributed by atoms with Gasteiger partial charge >= 0.3 is 0 Å². The van der Waals surface area contributed by atoms with Gasteiger partial charge in [0.1, 0.15) is 0 Å². The summed E-state index contributed by atoms with van der Waals surface area (Å²) >= 11 is 0. The van der Waals surface area contributed by atoms with Crippen molar-refractivity contribution in [2.24, 2.45) is 0 Å². The maximum Gasteiger partial charge on any atom is 0.226 e. The van der Waals surface area contributed by atoms with E-state index in [1.165, 1.54) is 0 Å². The number of hydrogen-bond donors (Lipinski definition) is 3. The molecule has 0 unspecified atom stereocenters. The topological polar surface area (TPSA) is 78.0 Å². The Balaban J connectivity index is 1.81. The highest BCUT2D eigenvalue weighted by Crippen LogP contribution is 2.17. The summed E-state index contributed by atoms with van der Waals surface area (Å²) in [6, 6.07) is 11.2. The van der Waals surface area contributed by atoms with Crippen molar-refractivity contribution in [2.45, 2.75) is 38.8 Å². The van der Waals surface area contributed by atoms with E-state index < -0.39 is 6.10 Å². The van der Waals surface area contributed by atoms with Crippen LogP contribution in [0.25, 0.3) is 0 Å². The first kappa shape index (κ1) is 15.3. The monoisotopic (exact) mass is 287 g/mol. The van der Waals surface area contributed by atoms with E-state index in [-0.39, 0.29) is 18.4 Å². The van der Waals surface area contributed by atoms with Crippen molar-refractivity contribution in [1.82, 2.24) is 15.5 Å². The highest BCUT2D eigenvalue weighted by atomic mass is 16.3. The summed E-state index contributed by atoms with van der Waals surface area (Å²) in [6.45, 7) is 3.78. The predicted octanol–water partition coefficient (Wildman–Crippen LogP) is 1.89. The first-order valence-corrected chi connectivity index (χ1v) is 7.08. The number of aliphatic hydroxyl groups is 1. The fourth-order valence-corrected chi connectivity index (χ4v) is 2.26. The molecule has 1 heterocycles. The molecule has 0 spiro atoms. The number of rotatable bonds is 6. The number of aromatic nitrogens is 2. The second kappa shape index (κ2) is 7.04. The lowest BCUT2D eigenvalue weighted by atomic mass is 10.0. The number of hydrogen-bond acceptors (Lipinski definition) is 3. The van der Waals surface area contributed by atoms with Crippen LogP contribution in [0.5, 0.6) is 0 Å². The van der Waals surface area contributed by atoms with E-state index in [0.717, 1.165) is 17.0 Å². The Morgan fingerprint density at radius 3 is 2.71 bits per heavy atom. The van der Waals surface area contributed by atoms with Gasteiger partial charge in [-0.25, -0.2) is 0 Å². The van der Waals surface area contributed by atoms with E-state index in [2.05, 4.69) is 15.5 Å². The third kappa shape index (κ3) is 4.72. The van der Waals surface area contributed by atoms with Gasteiger partial charge in [0.05, 0.1) is 18.2 Å². The Bertz CT molecular complexity index is 580. The van der Waals surface area contributed by atoms with Gasteiger partial charge in [0, 0.05) is 11.7 Å². The fourth-order valence-electron chi connectivity index (χ4n) is 2.26. The van der Waals surface area contributed by atoms with E-state index in [9.17, 15) is 9.90 Å². The molecule has 0 aliphatic rings. The van der Waals surface area contributed by atoms with Gasteiger partial charge in [-0.05, 0) is 31.9 Å². The summed E-state index contributed by atoms with van der Waals surface area (Å²) in [5.41, 5.74) is 2.52. The summed E-state index contributed by atoms with van der Waals surface area (Å²) in [4.78, 5) is 11.9. The Morgan fingerprint density at radius 1 is 1.38 bits per heavy atom. The molecule has 2 rings (SSSR count). The van der Waals surface area contributed by atoms with Gasteiger partial charge in [-0.2, -0.15) is 5.10 Å². The Morgan fingerprint density at radius 2 is 2.10 bits per heavy atom. The Kier molecular flexibility index (Phi) is 5.11. The van der Waals surface area contributed by atoms with Gasteiger partial charge in [-0.15, -0.1) is 0 Å². The molecule has 0 saturated carbocycles. The Labute approximate surface area is 124 Å². The minimum atomic E-state index is -0.575. The number of aromatic amines is 1. The number of aliphatic hydroxyl groups excluding tert-OH is 1. The molecule has 0 aliphatic carbocycles. The highest BCUT2D eigenvalue weighted by molar-refractivity contribution is 5.78. The number of amides is 1. The number of carbonyl (C=O) groups is 1. The molecule has 0 fully saturated rings. The van der Waals surface area contributed by atoms with Crippen LogP contribution in [0, 0.1) is 6.92 Å². The average Bonchev–Trinajstić information content (AvgIpc) is 2.84. The lowest BCUT2D eigenvalue weighted by Crippen LogP contribution is -2.34. The molecule has 5 heteroatoms.